The Morgan fingerprint density at radius 2 is 1.85 bits per heavy atom. The van der Waals surface area contributed by atoms with Crippen molar-refractivity contribution in [3.63, 3.8) is 0 Å². The van der Waals surface area contributed by atoms with Gasteiger partial charge in [-0.2, -0.15) is 0 Å². The third-order valence-electron chi connectivity index (χ3n) is 3.11. The van der Waals surface area contributed by atoms with Gasteiger partial charge in [0.1, 0.15) is 17.3 Å². The van der Waals surface area contributed by atoms with Gasteiger partial charge in [0, 0.05) is 6.54 Å². The molecule has 0 spiro atoms. The molecule has 0 aliphatic heterocycles. The maximum absolute atomic E-state index is 5.64. The van der Waals surface area contributed by atoms with E-state index in [4.69, 9.17) is 9.15 Å². The number of benzene rings is 1. The molecule has 3 heteroatoms. The van der Waals surface area contributed by atoms with Gasteiger partial charge in [-0.1, -0.05) is 25.5 Å². The SMILES string of the molecule is CCCCOc1ccc(CNCc2ccc(C)o2)cc1. The van der Waals surface area contributed by atoms with Crippen LogP contribution in [0.15, 0.2) is 40.8 Å². The Morgan fingerprint density at radius 3 is 2.50 bits per heavy atom. The Hall–Kier alpha value is -1.74. The molecule has 0 saturated carbocycles. The van der Waals surface area contributed by atoms with E-state index in [0.717, 1.165) is 49.8 Å². The topological polar surface area (TPSA) is 34.4 Å². The van der Waals surface area contributed by atoms with Crippen molar-refractivity contribution in [3.05, 3.63) is 53.5 Å². The number of unbranched alkanes of at least 4 members (excludes halogenated alkanes) is 1. The van der Waals surface area contributed by atoms with Gasteiger partial charge in [-0.15, -0.1) is 0 Å². The Balaban J connectivity index is 1.73. The molecule has 2 aromatic rings. The number of rotatable bonds is 8. The van der Waals surface area contributed by atoms with E-state index in [1.165, 1.54) is 5.56 Å². The second-order valence-corrected chi connectivity index (χ2v) is 4.96. The third-order valence-corrected chi connectivity index (χ3v) is 3.11. The van der Waals surface area contributed by atoms with Crippen LogP contribution >= 0.6 is 0 Å². The maximum Gasteiger partial charge on any atom is 0.119 e. The van der Waals surface area contributed by atoms with Crippen LogP contribution < -0.4 is 10.1 Å². The molecule has 0 unspecified atom stereocenters. The van der Waals surface area contributed by atoms with Crippen LogP contribution in [-0.2, 0) is 13.1 Å². The van der Waals surface area contributed by atoms with Gasteiger partial charge in [0.15, 0.2) is 0 Å². The summed E-state index contributed by atoms with van der Waals surface area (Å²) in [6.07, 6.45) is 2.26. The van der Waals surface area contributed by atoms with Gasteiger partial charge in [-0.3, -0.25) is 0 Å². The zero-order valence-electron chi connectivity index (χ0n) is 12.3. The Labute approximate surface area is 121 Å². The Bertz CT molecular complexity index is 502. The minimum absolute atomic E-state index is 0.753. The minimum atomic E-state index is 0.753. The van der Waals surface area contributed by atoms with E-state index in [1.54, 1.807) is 0 Å². The lowest BCUT2D eigenvalue weighted by atomic mass is 10.2. The predicted molar refractivity (Wildman–Crippen MR) is 80.8 cm³/mol. The average molecular weight is 273 g/mol. The van der Waals surface area contributed by atoms with Crippen LogP contribution in [0.25, 0.3) is 0 Å². The summed E-state index contributed by atoms with van der Waals surface area (Å²) in [7, 11) is 0. The maximum atomic E-state index is 5.64. The lowest BCUT2D eigenvalue weighted by Crippen LogP contribution is -2.12. The van der Waals surface area contributed by atoms with E-state index in [2.05, 4.69) is 24.4 Å². The fourth-order valence-electron chi connectivity index (χ4n) is 1.95. The van der Waals surface area contributed by atoms with E-state index in [9.17, 15) is 0 Å². The lowest BCUT2D eigenvalue weighted by molar-refractivity contribution is 0.309. The summed E-state index contributed by atoms with van der Waals surface area (Å²) in [6, 6.07) is 12.3. The van der Waals surface area contributed by atoms with Gasteiger partial charge in [0.25, 0.3) is 0 Å². The summed E-state index contributed by atoms with van der Waals surface area (Å²) in [6.45, 7) is 6.50. The highest BCUT2D eigenvalue weighted by Crippen LogP contribution is 2.13. The van der Waals surface area contributed by atoms with Gasteiger partial charge >= 0.3 is 0 Å². The molecule has 0 saturated heterocycles. The van der Waals surface area contributed by atoms with Crippen molar-refractivity contribution in [2.75, 3.05) is 6.61 Å². The first-order chi connectivity index (χ1) is 9.78. The number of ether oxygens (including phenoxy) is 1. The molecule has 0 aliphatic carbocycles. The van der Waals surface area contributed by atoms with Crippen LogP contribution in [0.3, 0.4) is 0 Å². The zero-order chi connectivity index (χ0) is 14.2. The standard InChI is InChI=1S/C17H23NO2/c1-3-4-11-19-16-9-6-15(7-10-16)12-18-13-17-8-5-14(2)20-17/h5-10,18H,3-4,11-13H2,1-2H3. The quantitative estimate of drug-likeness (QED) is 0.737. The van der Waals surface area contributed by atoms with E-state index in [1.807, 2.05) is 31.2 Å². The third kappa shape index (κ3) is 4.74. The summed E-state index contributed by atoms with van der Waals surface area (Å²) in [5.41, 5.74) is 1.25. The average Bonchev–Trinajstić information content (AvgIpc) is 2.87. The summed E-state index contributed by atoms with van der Waals surface area (Å²) in [5.74, 6) is 2.88. The van der Waals surface area contributed by atoms with Crippen molar-refractivity contribution >= 4 is 0 Å². The van der Waals surface area contributed by atoms with Crippen molar-refractivity contribution in [3.8, 4) is 5.75 Å². The van der Waals surface area contributed by atoms with Crippen LogP contribution in [0.1, 0.15) is 36.8 Å². The number of aryl methyl sites for hydroxylation is 1. The molecule has 0 aliphatic rings. The van der Waals surface area contributed by atoms with Crippen LogP contribution in [0, 0.1) is 6.92 Å². The molecule has 108 valence electrons. The highest BCUT2D eigenvalue weighted by molar-refractivity contribution is 5.27. The largest absolute Gasteiger partial charge is 0.494 e. The first-order valence-corrected chi connectivity index (χ1v) is 7.25. The highest BCUT2D eigenvalue weighted by atomic mass is 16.5. The fourth-order valence-corrected chi connectivity index (χ4v) is 1.95. The van der Waals surface area contributed by atoms with Crippen molar-refractivity contribution in [2.24, 2.45) is 0 Å². The molecule has 1 N–H and O–H groups in total. The van der Waals surface area contributed by atoms with Crippen LogP contribution in [0.4, 0.5) is 0 Å². The summed E-state index contributed by atoms with van der Waals surface area (Å²) >= 11 is 0. The first-order valence-electron chi connectivity index (χ1n) is 7.25. The van der Waals surface area contributed by atoms with Gasteiger partial charge < -0.3 is 14.5 Å². The van der Waals surface area contributed by atoms with Crippen LogP contribution in [-0.4, -0.2) is 6.61 Å². The number of nitrogens with one attached hydrogen (secondary N) is 1. The number of hydrogen-bond donors (Lipinski definition) is 1. The second kappa shape index (κ2) is 7.75. The Morgan fingerprint density at radius 1 is 1.05 bits per heavy atom. The highest BCUT2D eigenvalue weighted by Gasteiger charge is 1.99. The molecule has 0 fully saturated rings. The van der Waals surface area contributed by atoms with Crippen LogP contribution in [0.2, 0.25) is 0 Å². The number of furan rings is 1. The van der Waals surface area contributed by atoms with Gasteiger partial charge in [0.05, 0.1) is 13.2 Å². The van der Waals surface area contributed by atoms with E-state index in [-0.39, 0.29) is 0 Å². The molecule has 20 heavy (non-hydrogen) atoms. The van der Waals surface area contributed by atoms with Crippen molar-refractivity contribution in [1.29, 1.82) is 0 Å². The molecule has 0 atom stereocenters. The zero-order valence-corrected chi connectivity index (χ0v) is 12.3. The Kier molecular flexibility index (Phi) is 5.69. The first kappa shape index (κ1) is 14.7. The van der Waals surface area contributed by atoms with Crippen molar-refractivity contribution < 1.29 is 9.15 Å². The molecular formula is C17H23NO2. The smallest absolute Gasteiger partial charge is 0.119 e. The van der Waals surface area contributed by atoms with Gasteiger partial charge in [-0.05, 0) is 43.2 Å². The normalized spacial score (nSPS) is 10.7. The molecule has 1 heterocycles. The molecular weight excluding hydrogens is 250 g/mol. The lowest BCUT2D eigenvalue weighted by Gasteiger charge is -2.07. The van der Waals surface area contributed by atoms with Gasteiger partial charge in [0.2, 0.25) is 0 Å². The predicted octanol–water partition coefficient (Wildman–Crippen LogP) is 4.06. The van der Waals surface area contributed by atoms with E-state index >= 15 is 0 Å². The molecule has 2 rings (SSSR count). The molecule has 3 nitrogen and oxygen atoms in total. The van der Waals surface area contributed by atoms with Crippen molar-refractivity contribution in [2.45, 2.75) is 39.8 Å². The molecule has 0 bridgehead atoms. The number of hydrogen-bond acceptors (Lipinski definition) is 3. The fraction of sp³-hybridized carbons (Fsp3) is 0.412. The monoisotopic (exact) mass is 273 g/mol. The summed E-state index contributed by atoms with van der Waals surface area (Å²) < 4.78 is 11.2. The molecule has 0 radical (unpaired) electrons. The van der Waals surface area contributed by atoms with E-state index in [0.29, 0.717) is 0 Å². The minimum Gasteiger partial charge on any atom is -0.494 e. The molecule has 1 aromatic carbocycles. The van der Waals surface area contributed by atoms with Crippen molar-refractivity contribution in [1.82, 2.24) is 5.32 Å². The van der Waals surface area contributed by atoms with Gasteiger partial charge in [-0.25, -0.2) is 0 Å². The summed E-state index contributed by atoms with van der Waals surface area (Å²) in [4.78, 5) is 0. The second-order valence-electron chi connectivity index (χ2n) is 4.96. The molecule has 0 amide bonds. The van der Waals surface area contributed by atoms with Crippen LogP contribution in [0.5, 0.6) is 5.75 Å². The summed E-state index contributed by atoms with van der Waals surface area (Å²) in [5, 5.41) is 3.37. The van der Waals surface area contributed by atoms with E-state index < -0.39 is 0 Å². The molecule has 1 aromatic heterocycles.